The van der Waals surface area contributed by atoms with Gasteiger partial charge < -0.3 is 15.4 Å². The van der Waals surface area contributed by atoms with Gasteiger partial charge in [-0.1, -0.05) is 32.0 Å². The van der Waals surface area contributed by atoms with Gasteiger partial charge in [-0.05, 0) is 48.2 Å². The van der Waals surface area contributed by atoms with Gasteiger partial charge >= 0.3 is 0 Å². The van der Waals surface area contributed by atoms with Crippen LogP contribution in [-0.2, 0) is 26.0 Å². The third-order valence-electron chi connectivity index (χ3n) is 5.54. The number of nitrogens with zero attached hydrogens (tertiary/aromatic N) is 1. The molecule has 1 atom stereocenters. The summed E-state index contributed by atoms with van der Waals surface area (Å²) < 4.78 is 45.7. The number of hydrogen-bond donors (Lipinski definition) is 2. The van der Waals surface area contributed by atoms with Crippen LogP contribution in [0.1, 0.15) is 29.8 Å². The second kappa shape index (κ2) is 11.5. The van der Waals surface area contributed by atoms with Crippen molar-refractivity contribution in [2.24, 2.45) is 5.92 Å². The number of amides is 2. The highest BCUT2D eigenvalue weighted by atomic mass is 32.2. The smallest absolute Gasteiger partial charge is 0.251 e. The molecule has 0 aromatic heterocycles. The van der Waals surface area contributed by atoms with Crippen molar-refractivity contribution in [3.63, 3.8) is 0 Å². The lowest BCUT2D eigenvalue weighted by Crippen LogP contribution is -2.50. The lowest BCUT2D eigenvalue weighted by Gasteiger charge is -2.26. The van der Waals surface area contributed by atoms with Crippen molar-refractivity contribution >= 4 is 21.8 Å². The number of carbonyl (C=O) groups excluding carboxylic acids is 2. The van der Waals surface area contributed by atoms with E-state index in [1.807, 2.05) is 0 Å². The molecule has 2 amide bonds. The minimum atomic E-state index is -3.75. The Bertz CT molecular complexity index is 1120. The Morgan fingerprint density at radius 1 is 1.09 bits per heavy atom. The first-order chi connectivity index (χ1) is 16.2. The van der Waals surface area contributed by atoms with Crippen LogP contribution < -0.4 is 10.6 Å². The minimum Gasteiger partial charge on any atom is -0.379 e. The number of ether oxygens (including phenoxy) is 1. The van der Waals surface area contributed by atoms with Crippen LogP contribution in [0.5, 0.6) is 0 Å². The van der Waals surface area contributed by atoms with Gasteiger partial charge in [0.2, 0.25) is 15.9 Å². The van der Waals surface area contributed by atoms with E-state index >= 15 is 0 Å². The molecule has 8 nitrogen and oxygen atoms in total. The van der Waals surface area contributed by atoms with Crippen LogP contribution in [0, 0.1) is 11.7 Å². The summed E-state index contributed by atoms with van der Waals surface area (Å²) in [7, 11) is -3.75. The van der Waals surface area contributed by atoms with Gasteiger partial charge in [-0.2, -0.15) is 4.31 Å². The summed E-state index contributed by atoms with van der Waals surface area (Å²) in [5.74, 6) is -1.46. The average Bonchev–Trinajstić information content (AvgIpc) is 2.82. The second-order valence-corrected chi connectivity index (χ2v) is 10.3. The number of benzene rings is 2. The number of hydrogen-bond acceptors (Lipinski definition) is 5. The predicted molar refractivity (Wildman–Crippen MR) is 125 cm³/mol. The van der Waals surface area contributed by atoms with Crippen LogP contribution in [-0.4, -0.2) is 63.4 Å². The molecule has 1 fully saturated rings. The van der Waals surface area contributed by atoms with Crippen LogP contribution in [0.15, 0.2) is 53.4 Å². The number of rotatable bonds is 9. The molecule has 1 heterocycles. The van der Waals surface area contributed by atoms with Crippen LogP contribution in [0.4, 0.5) is 4.39 Å². The van der Waals surface area contributed by atoms with Crippen LogP contribution in [0.3, 0.4) is 0 Å². The SMILES string of the molecule is CC(C)[C@H](NC(=O)c1cccc(S(=O)(=O)N2CCOCC2)c1)C(=O)NCCc1cccc(F)c1. The molecule has 0 bridgehead atoms. The molecule has 0 spiro atoms. The van der Waals surface area contributed by atoms with Gasteiger partial charge in [0.25, 0.3) is 5.91 Å². The predicted octanol–water partition coefficient (Wildman–Crippen LogP) is 1.96. The van der Waals surface area contributed by atoms with Crippen molar-refractivity contribution < 1.29 is 27.1 Å². The molecule has 2 aromatic carbocycles. The van der Waals surface area contributed by atoms with Crippen LogP contribution in [0.25, 0.3) is 0 Å². The Morgan fingerprint density at radius 2 is 1.79 bits per heavy atom. The fourth-order valence-electron chi connectivity index (χ4n) is 3.63. The number of carbonyl (C=O) groups is 2. The Balaban J connectivity index is 1.64. The van der Waals surface area contributed by atoms with E-state index in [1.54, 1.807) is 26.0 Å². The first kappa shape index (κ1) is 25.8. The molecule has 0 radical (unpaired) electrons. The van der Waals surface area contributed by atoms with E-state index in [9.17, 15) is 22.4 Å². The Labute approximate surface area is 199 Å². The summed E-state index contributed by atoms with van der Waals surface area (Å²) in [6, 6.07) is 11.1. The molecule has 3 rings (SSSR count). The highest BCUT2D eigenvalue weighted by molar-refractivity contribution is 7.89. The maximum Gasteiger partial charge on any atom is 0.251 e. The number of halogens is 1. The zero-order valence-electron chi connectivity index (χ0n) is 19.3. The van der Waals surface area contributed by atoms with Crippen LogP contribution in [0.2, 0.25) is 0 Å². The van der Waals surface area contributed by atoms with Crippen molar-refractivity contribution in [3.8, 4) is 0 Å². The first-order valence-electron chi connectivity index (χ1n) is 11.2. The zero-order chi connectivity index (χ0) is 24.7. The Kier molecular flexibility index (Phi) is 8.76. The van der Waals surface area contributed by atoms with E-state index in [4.69, 9.17) is 4.74 Å². The largest absolute Gasteiger partial charge is 0.379 e. The van der Waals surface area contributed by atoms with Gasteiger partial charge in [0.1, 0.15) is 11.9 Å². The van der Waals surface area contributed by atoms with Crippen molar-refractivity contribution in [3.05, 3.63) is 65.5 Å². The van der Waals surface area contributed by atoms with Gasteiger partial charge in [0.15, 0.2) is 0 Å². The van der Waals surface area contributed by atoms with Gasteiger partial charge in [-0.3, -0.25) is 9.59 Å². The number of sulfonamides is 1. The number of nitrogens with one attached hydrogen (secondary N) is 2. The van der Waals surface area contributed by atoms with Gasteiger partial charge in [0.05, 0.1) is 18.1 Å². The molecule has 0 saturated carbocycles. The van der Waals surface area contributed by atoms with Crippen molar-refractivity contribution in [1.82, 2.24) is 14.9 Å². The van der Waals surface area contributed by atoms with Crippen molar-refractivity contribution in [2.75, 3.05) is 32.8 Å². The molecular weight excluding hydrogens is 461 g/mol. The molecule has 0 aliphatic carbocycles. The highest BCUT2D eigenvalue weighted by Gasteiger charge is 2.28. The van der Waals surface area contributed by atoms with Crippen molar-refractivity contribution in [2.45, 2.75) is 31.2 Å². The maximum absolute atomic E-state index is 13.3. The summed E-state index contributed by atoms with van der Waals surface area (Å²) in [5, 5.41) is 5.49. The fourth-order valence-corrected chi connectivity index (χ4v) is 5.08. The Morgan fingerprint density at radius 3 is 2.47 bits per heavy atom. The molecule has 34 heavy (non-hydrogen) atoms. The van der Waals surface area contributed by atoms with E-state index in [-0.39, 0.29) is 47.7 Å². The standard InChI is InChI=1S/C24H30FN3O5S/c1-17(2)22(24(30)26-10-9-18-5-3-7-20(25)15-18)27-23(29)19-6-4-8-21(16-19)34(31,32)28-11-13-33-14-12-28/h3-8,15-17,22H,9-14H2,1-2H3,(H,26,30)(H,27,29)/t22-/m0/s1. The third kappa shape index (κ3) is 6.62. The molecule has 10 heteroatoms. The van der Waals surface area contributed by atoms with Gasteiger partial charge in [-0.25, -0.2) is 12.8 Å². The topological polar surface area (TPSA) is 105 Å². The molecule has 1 saturated heterocycles. The van der Waals surface area contributed by atoms with E-state index in [0.717, 1.165) is 5.56 Å². The molecule has 2 aromatic rings. The summed E-state index contributed by atoms with van der Waals surface area (Å²) >= 11 is 0. The van der Waals surface area contributed by atoms with E-state index in [0.29, 0.717) is 19.6 Å². The van der Waals surface area contributed by atoms with Crippen molar-refractivity contribution in [1.29, 1.82) is 0 Å². The minimum absolute atomic E-state index is 0.0164. The lowest BCUT2D eigenvalue weighted by atomic mass is 10.0. The maximum atomic E-state index is 13.3. The average molecular weight is 492 g/mol. The normalized spacial score (nSPS) is 15.6. The molecule has 184 valence electrons. The van der Waals surface area contributed by atoms with E-state index < -0.39 is 22.0 Å². The number of morpholine rings is 1. The van der Waals surface area contributed by atoms with E-state index in [1.165, 1.54) is 40.7 Å². The summed E-state index contributed by atoms with van der Waals surface area (Å²) in [6.07, 6.45) is 0.448. The molecule has 1 aliphatic rings. The molecule has 0 unspecified atom stereocenters. The molecule has 1 aliphatic heterocycles. The molecule has 2 N–H and O–H groups in total. The van der Waals surface area contributed by atoms with Crippen LogP contribution >= 0.6 is 0 Å². The summed E-state index contributed by atoms with van der Waals surface area (Å²) in [6.45, 7) is 5.04. The summed E-state index contributed by atoms with van der Waals surface area (Å²) in [5.41, 5.74) is 0.899. The first-order valence-corrected chi connectivity index (χ1v) is 12.6. The van der Waals surface area contributed by atoms with E-state index in [2.05, 4.69) is 10.6 Å². The highest BCUT2D eigenvalue weighted by Crippen LogP contribution is 2.19. The third-order valence-corrected chi connectivity index (χ3v) is 7.44. The lowest BCUT2D eigenvalue weighted by molar-refractivity contribution is -0.123. The summed E-state index contributed by atoms with van der Waals surface area (Å²) in [4.78, 5) is 25.6. The Hall–Kier alpha value is -2.82. The van der Waals surface area contributed by atoms with Gasteiger partial charge in [-0.15, -0.1) is 0 Å². The van der Waals surface area contributed by atoms with Gasteiger partial charge in [0, 0.05) is 25.2 Å². The monoisotopic (exact) mass is 491 g/mol. The fraction of sp³-hybridized carbons (Fsp3) is 0.417. The zero-order valence-corrected chi connectivity index (χ0v) is 20.1. The second-order valence-electron chi connectivity index (χ2n) is 8.41. The quantitative estimate of drug-likeness (QED) is 0.558. The molecular formula is C24H30FN3O5S.